The summed E-state index contributed by atoms with van der Waals surface area (Å²) in [6, 6.07) is 7.88. The van der Waals surface area contributed by atoms with Crippen molar-refractivity contribution < 1.29 is 28.1 Å². The monoisotopic (exact) mass is 480 g/mol. The molecule has 188 valence electrons. The first-order valence-corrected chi connectivity index (χ1v) is 14.6. The molecular formula is C26H44O6Si. The molecule has 0 amide bonds. The lowest BCUT2D eigenvalue weighted by atomic mass is 10.0. The summed E-state index contributed by atoms with van der Waals surface area (Å²) in [4.78, 5) is 0. The molecular weight excluding hydrogens is 436 g/mol. The van der Waals surface area contributed by atoms with E-state index in [4.69, 9.17) is 28.1 Å². The summed E-state index contributed by atoms with van der Waals surface area (Å²) in [5, 5.41) is 0.0866. The summed E-state index contributed by atoms with van der Waals surface area (Å²) >= 11 is 0. The quantitative estimate of drug-likeness (QED) is 0.282. The number of ether oxygens (including phenoxy) is 5. The van der Waals surface area contributed by atoms with Crippen LogP contribution in [0.2, 0.25) is 18.1 Å². The highest BCUT2D eigenvalue weighted by molar-refractivity contribution is 6.74. The van der Waals surface area contributed by atoms with Crippen LogP contribution in [0, 0.1) is 0 Å². The first kappa shape index (κ1) is 28.0. The summed E-state index contributed by atoms with van der Waals surface area (Å²) in [5.41, 5.74) is 1.06. The Morgan fingerprint density at radius 3 is 2.27 bits per heavy atom. The van der Waals surface area contributed by atoms with Crippen LogP contribution < -0.4 is 4.74 Å². The second-order valence-electron chi connectivity index (χ2n) is 10.7. The van der Waals surface area contributed by atoms with Gasteiger partial charge in [-0.2, -0.15) is 0 Å². The van der Waals surface area contributed by atoms with Gasteiger partial charge in [-0.25, -0.2) is 0 Å². The fourth-order valence-corrected chi connectivity index (χ4v) is 4.82. The molecule has 1 aliphatic heterocycles. The highest BCUT2D eigenvalue weighted by Crippen LogP contribution is 2.38. The smallest absolute Gasteiger partial charge is 0.193 e. The van der Waals surface area contributed by atoms with E-state index in [1.54, 1.807) is 14.2 Å². The lowest BCUT2D eigenvalue weighted by Gasteiger charge is -2.41. The van der Waals surface area contributed by atoms with Crippen LogP contribution in [0.25, 0.3) is 0 Å². The maximum absolute atomic E-state index is 6.65. The van der Waals surface area contributed by atoms with Crippen molar-refractivity contribution >= 4 is 8.32 Å². The fraction of sp³-hybridized carbons (Fsp3) is 0.692. The molecule has 1 aliphatic rings. The third-order valence-electron chi connectivity index (χ3n) is 6.67. The number of methoxy groups -OCH3 is 2. The topological polar surface area (TPSA) is 55.4 Å². The summed E-state index contributed by atoms with van der Waals surface area (Å²) in [6.45, 7) is 20.0. The second kappa shape index (κ2) is 11.5. The molecule has 7 heteroatoms. The maximum Gasteiger partial charge on any atom is 0.193 e. The van der Waals surface area contributed by atoms with Crippen molar-refractivity contribution in [1.29, 1.82) is 0 Å². The second-order valence-corrected chi connectivity index (χ2v) is 15.4. The average Bonchev–Trinajstić information content (AvgIpc) is 3.11. The third-order valence-corrected chi connectivity index (χ3v) is 11.1. The van der Waals surface area contributed by atoms with E-state index in [0.29, 0.717) is 19.6 Å². The fourth-order valence-electron chi connectivity index (χ4n) is 3.54. The van der Waals surface area contributed by atoms with Crippen molar-refractivity contribution in [1.82, 2.24) is 0 Å². The van der Waals surface area contributed by atoms with Crippen LogP contribution in [-0.2, 0) is 30.0 Å². The Kier molecular flexibility index (Phi) is 9.74. The number of rotatable bonds is 12. The maximum atomic E-state index is 6.65. The predicted molar refractivity (Wildman–Crippen MR) is 134 cm³/mol. The average molecular weight is 481 g/mol. The molecule has 0 radical (unpaired) electrons. The van der Waals surface area contributed by atoms with Crippen molar-refractivity contribution in [3.05, 3.63) is 42.5 Å². The minimum absolute atomic E-state index is 0.0866. The molecule has 1 saturated heterocycles. The molecule has 4 atom stereocenters. The lowest BCUT2D eigenvalue weighted by Crippen LogP contribution is -2.48. The molecule has 0 aliphatic carbocycles. The van der Waals surface area contributed by atoms with Crippen LogP contribution in [0.5, 0.6) is 5.75 Å². The highest BCUT2D eigenvalue weighted by Gasteiger charge is 2.43. The third kappa shape index (κ3) is 7.91. The van der Waals surface area contributed by atoms with Crippen molar-refractivity contribution in [2.24, 2.45) is 0 Å². The van der Waals surface area contributed by atoms with E-state index >= 15 is 0 Å². The molecule has 0 aromatic heterocycles. The predicted octanol–water partition coefficient (Wildman–Crippen LogP) is 5.71. The van der Waals surface area contributed by atoms with Crippen LogP contribution in [0.3, 0.4) is 0 Å². The van der Waals surface area contributed by atoms with Gasteiger partial charge in [0.05, 0.1) is 38.6 Å². The summed E-state index contributed by atoms with van der Waals surface area (Å²) in [7, 11) is 1.36. The standard InChI is InChI=1S/C26H44O6Si/c1-11-21(32-33(9,10)25(2,3)4)22(28-8)16-23(24-18-30-26(5,6)31-24)29-17-19-12-14-20(27-7)15-13-19/h11-15,21-24H,1,16-18H2,2-10H3/t21-,22-,23-,24-/m0/s1. The van der Waals surface area contributed by atoms with Gasteiger partial charge < -0.3 is 28.1 Å². The minimum Gasteiger partial charge on any atom is -0.497 e. The van der Waals surface area contributed by atoms with Crippen molar-refractivity contribution in [3.8, 4) is 5.75 Å². The molecule has 33 heavy (non-hydrogen) atoms. The van der Waals surface area contributed by atoms with Gasteiger partial charge in [0.25, 0.3) is 0 Å². The summed E-state index contributed by atoms with van der Waals surface area (Å²) in [5.74, 6) is 0.186. The van der Waals surface area contributed by atoms with Crippen LogP contribution in [0.15, 0.2) is 36.9 Å². The number of benzene rings is 1. The molecule has 1 aromatic rings. The first-order valence-electron chi connectivity index (χ1n) is 11.7. The van der Waals surface area contributed by atoms with E-state index in [0.717, 1.165) is 11.3 Å². The van der Waals surface area contributed by atoms with Crippen molar-refractivity contribution in [2.75, 3.05) is 20.8 Å². The molecule has 1 aromatic carbocycles. The molecule has 6 nitrogen and oxygen atoms in total. The first-order chi connectivity index (χ1) is 15.3. The van der Waals surface area contributed by atoms with Gasteiger partial charge in [-0.05, 0) is 49.7 Å². The molecule has 0 unspecified atom stereocenters. The molecule has 1 fully saturated rings. The van der Waals surface area contributed by atoms with Crippen LogP contribution in [-0.4, -0.2) is 59.3 Å². The summed E-state index contributed by atoms with van der Waals surface area (Å²) < 4.78 is 36.2. The zero-order chi connectivity index (χ0) is 24.9. The van der Waals surface area contributed by atoms with E-state index in [9.17, 15) is 0 Å². The Balaban J connectivity index is 2.17. The van der Waals surface area contributed by atoms with Crippen LogP contribution >= 0.6 is 0 Å². The molecule has 0 bridgehead atoms. The van der Waals surface area contributed by atoms with Crippen molar-refractivity contribution in [3.63, 3.8) is 0 Å². The van der Waals surface area contributed by atoms with E-state index < -0.39 is 14.1 Å². The van der Waals surface area contributed by atoms with Gasteiger partial charge in [-0.1, -0.05) is 39.0 Å². The largest absolute Gasteiger partial charge is 0.497 e. The van der Waals surface area contributed by atoms with E-state index in [1.807, 2.05) is 44.2 Å². The highest BCUT2D eigenvalue weighted by atomic mass is 28.4. The normalized spacial score (nSPS) is 21.4. The zero-order valence-electron chi connectivity index (χ0n) is 22.0. The van der Waals surface area contributed by atoms with Crippen molar-refractivity contribution in [2.45, 2.75) is 96.0 Å². The Morgan fingerprint density at radius 1 is 1.18 bits per heavy atom. The Morgan fingerprint density at radius 2 is 1.82 bits per heavy atom. The van der Waals surface area contributed by atoms with Gasteiger partial charge in [0, 0.05) is 13.5 Å². The van der Waals surface area contributed by atoms with Gasteiger partial charge in [-0.15, -0.1) is 6.58 Å². The molecule has 1 heterocycles. The Labute approximate surface area is 201 Å². The lowest BCUT2D eigenvalue weighted by molar-refractivity contribution is -0.163. The van der Waals surface area contributed by atoms with Gasteiger partial charge >= 0.3 is 0 Å². The van der Waals surface area contributed by atoms with Gasteiger partial charge in [-0.3, -0.25) is 0 Å². The number of hydrogen-bond donors (Lipinski definition) is 0. The number of hydrogen-bond acceptors (Lipinski definition) is 6. The molecule has 0 spiro atoms. The van der Waals surface area contributed by atoms with E-state index in [2.05, 4.69) is 40.4 Å². The zero-order valence-corrected chi connectivity index (χ0v) is 23.0. The molecule has 0 N–H and O–H groups in total. The van der Waals surface area contributed by atoms with Crippen LogP contribution in [0.1, 0.15) is 46.6 Å². The van der Waals surface area contributed by atoms with Gasteiger partial charge in [0.15, 0.2) is 14.1 Å². The van der Waals surface area contributed by atoms with E-state index in [-0.39, 0.29) is 29.5 Å². The summed E-state index contributed by atoms with van der Waals surface area (Å²) in [6.07, 6.45) is 1.56. The van der Waals surface area contributed by atoms with Crippen LogP contribution in [0.4, 0.5) is 0 Å². The molecule has 0 saturated carbocycles. The SMILES string of the molecule is C=C[C@H](O[Si](C)(C)C(C)(C)C)[C@H](C[C@H](OCc1ccc(OC)cc1)[C@@H]1COC(C)(C)O1)OC. The minimum atomic E-state index is -2.01. The molecule has 2 rings (SSSR count). The Bertz CT molecular complexity index is 740. The van der Waals surface area contributed by atoms with E-state index in [1.165, 1.54) is 0 Å². The van der Waals surface area contributed by atoms with Gasteiger partial charge in [0.2, 0.25) is 0 Å². The Hall–Kier alpha value is -1.22. The van der Waals surface area contributed by atoms with Gasteiger partial charge in [0.1, 0.15) is 11.9 Å².